The van der Waals surface area contributed by atoms with Gasteiger partial charge in [0.1, 0.15) is 5.76 Å². The molecule has 1 N–H and O–H groups in total. The Labute approximate surface area is 111 Å². The molecular formula is C13H13Cl2NO. The molecule has 0 saturated heterocycles. The van der Waals surface area contributed by atoms with Crippen LogP contribution in [0.15, 0.2) is 34.9 Å². The Balaban J connectivity index is 2.42. The van der Waals surface area contributed by atoms with E-state index in [1.165, 1.54) is 0 Å². The monoisotopic (exact) mass is 269 g/mol. The van der Waals surface area contributed by atoms with Crippen LogP contribution in [0.2, 0.25) is 10.0 Å². The van der Waals surface area contributed by atoms with Crippen molar-refractivity contribution in [1.29, 1.82) is 0 Å². The van der Waals surface area contributed by atoms with Crippen LogP contribution in [0, 0.1) is 6.92 Å². The minimum absolute atomic E-state index is 0.0141. The Morgan fingerprint density at radius 2 is 1.94 bits per heavy atom. The summed E-state index contributed by atoms with van der Waals surface area (Å²) in [4.78, 5) is 0. The van der Waals surface area contributed by atoms with E-state index in [1.54, 1.807) is 12.3 Å². The van der Waals surface area contributed by atoms with Crippen molar-refractivity contribution in [3.05, 3.63) is 57.5 Å². The maximum absolute atomic E-state index is 6.03. The summed E-state index contributed by atoms with van der Waals surface area (Å²) in [6.45, 7) is 2.01. The highest BCUT2D eigenvalue weighted by Crippen LogP contribution is 2.30. The van der Waals surface area contributed by atoms with E-state index < -0.39 is 0 Å². The van der Waals surface area contributed by atoms with Gasteiger partial charge in [-0.2, -0.15) is 0 Å². The van der Waals surface area contributed by atoms with E-state index >= 15 is 0 Å². The van der Waals surface area contributed by atoms with Gasteiger partial charge in [-0.15, -0.1) is 0 Å². The smallest absolute Gasteiger partial charge is 0.128 e. The first-order valence-corrected chi connectivity index (χ1v) is 6.05. The molecule has 0 spiro atoms. The van der Waals surface area contributed by atoms with Crippen molar-refractivity contribution < 1.29 is 4.42 Å². The summed E-state index contributed by atoms with van der Waals surface area (Å²) in [5.41, 5.74) is 2.13. The summed E-state index contributed by atoms with van der Waals surface area (Å²) in [6, 6.07) is 7.52. The molecule has 17 heavy (non-hydrogen) atoms. The zero-order valence-corrected chi connectivity index (χ0v) is 11.1. The summed E-state index contributed by atoms with van der Waals surface area (Å²) < 4.78 is 5.50. The van der Waals surface area contributed by atoms with Gasteiger partial charge in [0.05, 0.1) is 22.4 Å². The lowest BCUT2D eigenvalue weighted by molar-refractivity contribution is 0.460. The van der Waals surface area contributed by atoms with Crippen molar-refractivity contribution in [1.82, 2.24) is 5.32 Å². The van der Waals surface area contributed by atoms with Crippen LogP contribution in [0.3, 0.4) is 0 Å². The number of rotatable bonds is 3. The van der Waals surface area contributed by atoms with Crippen LogP contribution in [0.4, 0.5) is 0 Å². The number of hydrogen-bond donors (Lipinski definition) is 1. The summed E-state index contributed by atoms with van der Waals surface area (Å²) in [5.74, 6) is 0.894. The average Bonchev–Trinajstić information content (AvgIpc) is 2.71. The van der Waals surface area contributed by atoms with E-state index in [1.807, 2.05) is 32.2 Å². The predicted molar refractivity (Wildman–Crippen MR) is 70.8 cm³/mol. The molecule has 1 aromatic heterocycles. The van der Waals surface area contributed by atoms with Gasteiger partial charge in [-0.05, 0) is 43.3 Å². The maximum atomic E-state index is 6.03. The SMILES string of the molecule is CNC(c1ccc(Cl)c(Cl)c1)c1occc1C. The molecule has 2 rings (SSSR count). The lowest BCUT2D eigenvalue weighted by Crippen LogP contribution is -2.17. The fraction of sp³-hybridized carbons (Fsp3) is 0.231. The van der Waals surface area contributed by atoms with Crippen molar-refractivity contribution in [3.8, 4) is 0 Å². The van der Waals surface area contributed by atoms with Gasteiger partial charge in [-0.25, -0.2) is 0 Å². The molecule has 1 aromatic carbocycles. The first-order chi connectivity index (χ1) is 8.13. The number of furan rings is 1. The van der Waals surface area contributed by atoms with E-state index in [2.05, 4.69) is 5.32 Å². The molecule has 0 bridgehead atoms. The largest absolute Gasteiger partial charge is 0.467 e. The van der Waals surface area contributed by atoms with Crippen LogP contribution >= 0.6 is 23.2 Å². The first-order valence-electron chi connectivity index (χ1n) is 5.29. The van der Waals surface area contributed by atoms with Crippen molar-refractivity contribution in [2.75, 3.05) is 7.05 Å². The Hall–Kier alpha value is -0.960. The zero-order chi connectivity index (χ0) is 12.4. The molecule has 0 saturated carbocycles. The summed E-state index contributed by atoms with van der Waals surface area (Å²) in [6.07, 6.45) is 1.69. The minimum atomic E-state index is -0.0141. The lowest BCUT2D eigenvalue weighted by Gasteiger charge is -2.15. The van der Waals surface area contributed by atoms with Crippen molar-refractivity contribution in [2.24, 2.45) is 0 Å². The number of benzene rings is 1. The van der Waals surface area contributed by atoms with Gasteiger partial charge in [0.25, 0.3) is 0 Å². The molecule has 0 amide bonds. The number of halogens is 2. The average molecular weight is 270 g/mol. The van der Waals surface area contributed by atoms with Gasteiger partial charge >= 0.3 is 0 Å². The Kier molecular flexibility index (Phi) is 3.77. The second-order valence-electron chi connectivity index (χ2n) is 3.86. The van der Waals surface area contributed by atoms with Crippen LogP contribution in [0.5, 0.6) is 0 Å². The number of nitrogens with one attached hydrogen (secondary N) is 1. The van der Waals surface area contributed by atoms with E-state index in [9.17, 15) is 0 Å². The molecule has 1 unspecified atom stereocenters. The van der Waals surface area contributed by atoms with Crippen LogP contribution in [0.1, 0.15) is 22.9 Å². The third kappa shape index (κ3) is 2.49. The van der Waals surface area contributed by atoms with Crippen molar-refractivity contribution in [2.45, 2.75) is 13.0 Å². The second kappa shape index (κ2) is 5.13. The first kappa shape index (κ1) is 12.5. The highest BCUT2D eigenvalue weighted by Gasteiger charge is 2.18. The molecule has 0 aliphatic carbocycles. The summed E-state index contributed by atoms with van der Waals surface area (Å²) in [5, 5.41) is 4.32. The Bertz CT molecular complexity index is 522. The van der Waals surface area contributed by atoms with Crippen LogP contribution < -0.4 is 5.32 Å². The molecule has 2 aromatic rings. The molecule has 1 heterocycles. The molecule has 0 aliphatic heterocycles. The second-order valence-corrected chi connectivity index (χ2v) is 4.68. The van der Waals surface area contributed by atoms with Gasteiger partial charge in [0.2, 0.25) is 0 Å². The van der Waals surface area contributed by atoms with Crippen LogP contribution in [-0.4, -0.2) is 7.05 Å². The van der Waals surface area contributed by atoms with Gasteiger partial charge in [-0.1, -0.05) is 29.3 Å². The quantitative estimate of drug-likeness (QED) is 0.904. The summed E-state index contributed by atoms with van der Waals surface area (Å²) in [7, 11) is 1.88. The molecular weight excluding hydrogens is 257 g/mol. The fourth-order valence-electron chi connectivity index (χ4n) is 1.82. The van der Waals surface area contributed by atoms with E-state index in [0.29, 0.717) is 10.0 Å². The summed E-state index contributed by atoms with van der Waals surface area (Å²) >= 11 is 11.9. The molecule has 1 atom stereocenters. The topological polar surface area (TPSA) is 25.2 Å². The third-order valence-electron chi connectivity index (χ3n) is 2.73. The van der Waals surface area contributed by atoms with E-state index in [0.717, 1.165) is 16.9 Å². The molecule has 4 heteroatoms. The molecule has 0 radical (unpaired) electrons. The minimum Gasteiger partial charge on any atom is -0.467 e. The number of hydrogen-bond acceptors (Lipinski definition) is 2. The highest BCUT2D eigenvalue weighted by molar-refractivity contribution is 6.42. The predicted octanol–water partition coefficient (Wildman–Crippen LogP) is 4.20. The Morgan fingerprint density at radius 3 is 2.47 bits per heavy atom. The van der Waals surface area contributed by atoms with E-state index in [-0.39, 0.29) is 6.04 Å². The zero-order valence-electron chi connectivity index (χ0n) is 9.63. The van der Waals surface area contributed by atoms with E-state index in [4.69, 9.17) is 27.6 Å². The fourth-order valence-corrected chi connectivity index (χ4v) is 2.13. The lowest BCUT2D eigenvalue weighted by atomic mass is 10.0. The standard InChI is InChI=1S/C13H13Cl2NO/c1-8-5-6-17-13(8)12(16-2)9-3-4-10(14)11(15)7-9/h3-7,12,16H,1-2H3. The normalized spacial score (nSPS) is 12.7. The van der Waals surface area contributed by atoms with Crippen LogP contribution in [0.25, 0.3) is 0 Å². The van der Waals surface area contributed by atoms with Crippen molar-refractivity contribution >= 4 is 23.2 Å². The van der Waals surface area contributed by atoms with Gasteiger partial charge in [-0.3, -0.25) is 0 Å². The van der Waals surface area contributed by atoms with Crippen molar-refractivity contribution in [3.63, 3.8) is 0 Å². The van der Waals surface area contributed by atoms with Crippen LogP contribution in [-0.2, 0) is 0 Å². The molecule has 0 fully saturated rings. The molecule has 2 nitrogen and oxygen atoms in total. The maximum Gasteiger partial charge on any atom is 0.128 e. The number of aryl methyl sites for hydroxylation is 1. The Morgan fingerprint density at radius 1 is 1.18 bits per heavy atom. The highest BCUT2D eigenvalue weighted by atomic mass is 35.5. The van der Waals surface area contributed by atoms with Gasteiger partial charge < -0.3 is 9.73 Å². The molecule has 0 aliphatic rings. The van der Waals surface area contributed by atoms with Gasteiger partial charge in [0, 0.05) is 0 Å². The third-order valence-corrected chi connectivity index (χ3v) is 3.47. The van der Waals surface area contributed by atoms with Gasteiger partial charge in [0.15, 0.2) is 0 Å². The molecule has 90 valence electrons.